The average molecular weight is 251 g/mol. The van der Waals surface area contributed by atoms with Crippen molar-refractivity contribution in [1.82, 2.24) is 0 Å². The van der Waals surface area contributed by atoms with Crippen molar-refractivity contribution in [3.8, 4) is 0 Å². The molecule has 18 heavy (non-hydrogen) atoms. The third-order valence-corrected chi connectivity index (χ3v) is 2.53. The lowest BCUT2D eigenvalue weighted by molar-refractivity contribution is -0.385. The van der Waals surface area contributed by atoms with E-state index in [9.17, 15) is 14.9 Å². The van der Waals surface area contributed by atoms with Gasteiger partial charge in [-0.3, -0.25) is 10.1 Å². The fourth-order valence-electron chi connectivity index (χ4n) is 1.53. The molecule has 0 aliphatic heterocycles. The maximum absolute atomic E-state index is 10.9. The Morgan fingerprint density at radius 1 is 1.44 bits per heavy atom. The Labute approximate surface area is 104 Å². The molecule has 0 aliphatic rings. The Balaban J connectivity index is 3.41. The highest BCUT2D eigenvalue weighted by Gasteiger charge is 2.17. The highest BCUT2D eigenvalue weighted by atomic mass is 16.6. The zero-order valence-corrected chi connectivity index (χ0v) is 10.3. The van der Waals surface area contributed by atoms with Crippen LogP contribution >= 0.6 is 0 Å². The topological polar surface area (TPSA) is 89.7 Å². The molecule has 1 aromatic carbocycles. The van der Waals surface area contributed by atoms with E-state index >= 15 is 0 Å². The zero-order chi connectivity index (χ0) is 13.9. The first-order valence-electron chi connectivity index (χ1n) is 5.12. The minimum atomic E-state index is -1.13. The van der Waals surface area contributed by atoms with Crippen molar-refractivity contribution < 1.29 is 19.6 Å². The molecule has 0 fully saturated rings. The van der Waals surface area contributed by atoms with Crippen molar-refractivity contribution in [2.24, 2.45) is 0 Å². The van der Waals surface area contributed by atoms with Crippen molar-refractivity contribution in [3.63, 3.8) is 0 Å². The van der Waals surface area contributed by atoms with E-state index < -0.39 is 10.9 Å². The Hall–Kier alpha value is -2.37. The van der Waals surface area contributed by atoms with Gasteiger partial charge in [0.2, 0.25) is 0 Å². The van der Waals surface area contributed by atoms with Gasteiger partial charge in [0.25, 0.3) is 5.69 Å². The van der Waals surface area contributed by atoms with Crippen molar-refractivity contribution in [2.75, 3.05) is 7.11 Å². The van der Waals surface area contributed by atoms with Gasteiger partial charge in [-0.25, -0.2) is 4.79 Å². The van der Waals surface area contributed by atoms with E-state index in [0.717, 1.165) is 0 Å². The smallest absolute Gasteiger partial charge is 0.335 e. The number of nitrogens with zero attached hydrogens (tertiary/aromatic N) is 1. The molecule has 0 saturated carbocycles. The van der Waals surface area contributed by atoms with Gasteiger partial charge in [0.15, 0.2) is 0 Å². The van der Waals surface area contributed by atoms with E-state index in [2.05, 4.69) is 0 Å². The minimum absolute atomic E-state index is 0.00403. The second kappa shape index (κ2) is 5.31. The first kappa shape index (κ1) is 13.7. The summed E-state index contributed by atoms with van der Waals surface area (Å²) in [4.78, 5) is 21.2. The van der Waals surface area contributed by atoms with Crippen LogP contribution in [0.15, 0.2) is 23.8 Å². The lowest BCUT2D eigenvalue weighted by atomic mass is 10.1. The molecule has 0 atom stereocenters. The molecule has 96 valence electrons. The Bertz CT molecular complexity index is 533. The molecular weight excluding hydrogens is 238 g/mol. The van der Waals surface area contributed by atoms with Crippen molar-refractivity contribution in [3.05, 3.63) is 45.0 Å². The molecule has 0 saturated heterocycles. The van der Waals surface area contributed by atoms with Crippen LogP contribution in [0.2, 0.25) is 0 Å². The van der Waals surface area contributed by atoms with E-state index in [1.54, 1.807) is 19.1 Å². The molecule has 6 heteroatoms. The molecule has 0 bridgehead atoms. The van der Waals surface area contributed by atoms with Crippen molar-refractivity contribution >= 4 is 17.4 Å². The third-order valence-electron chi connectivity index (χ3n) is 2.53. The Kier molecular flexibility index (Phi) is 4.04. The number of methoxy groups -OCH3 is 1. The molecule has 0 unspecified atom stereocenters. The molecule has 1 N–H and O–H groups in total. The second-order valence-electron chi connectivity index (χ2n) is 3.72. The average Bonchev–Trinajstić information content (AvgIpc) is 2.31. The van der Waals surface area contributed by atoms with E-state index in [1.807, 2.05) is 0 Å². The van der Waals surface area contributed by atoms with E-state index in [4.69, 9.17) is 9.84 Å². The summed E-state index contributed by atoms with van der Waals surface area (Å²) in [5.74, 6) is -1.01. The number of aliphatic carboxylic acids is 1. The third kappa shape index (κ3) is 2.65. The molecule has 0 radical (unpaired) electrons. The summed E-state index contributed by atoms with van der Waals surface area (Å²) in [5, 5.41) is 19.7. The van der Waals surface area contributed by atoms with Gasteiger partial charge in [-0.05, 0) is 13.8 Å². The number of nitro groups is 1. The summed E-state index contributed by atoms with van der Waals surface area (Å²) in [6.07, 6.45) is 0. The van der Waals surface area contributed by atoms with Crippen LogP contribution in [-0.4, -0.2) is 23.1 Å². The molecule has 6 nitrogen and oxygen atoms in total. The van der Waals surface area contributed by atoms with E-state index in [-0.39, 0.29) is 17.0 Å². The Morgan fingerprint density at radius 3 is 2.50 bits per heavy atom. The van der Waals surface area contributed by atoms with Gasteiger partial charge in [-0.1, -0.05) is 12.1 Å². The molecule has 1 rings (SSSR count). The van der Waals surface area contributed by atoms with E-state index in [1.165, 1.54) is 20.1 Å². The van der Waals surface area contributed by atoms with Crippen LogP contribution in [0.4, 0.5) is 5.69 Å². The standard InChI is InChI=1S/C12H13NO5/c1-7-4-5-9(6-10(7)13(16)17)11(18-3)8(2)12(14)15/h4-6H,1-3H3,(H,14,15). The summed E-state index contributed by atoms with van der Waals surface area (Å²) >= 11 is 0. The van der Waals surface area contributed by atoms with Crippen LogP contribution in [0.25, 0.3) is 5.76 Å². The van der Waals surface area contributed by atoms with Crippen LogP contribution in [-0.2, 0) is 9.53 Å². The zero-order valence-electron chi connectivity index (χ0n) is 10.3. The predicted octanol–water partition coefficient (Wildman–Crippen LogP) is 2.37. The Morgan fingerprint density at radius 2 is 2.06 bits per heavy atom. The summed E-state index contributed by atoms with van der Waals surface area (Å²) in [6.45, 7) is 3.00. The maximum atomic E-state index is 10.9. The number of hydrogen-bond acceptors (Lipinski definition) is 4. The summed E-state index contributed by atoms with van der Waals surface area (Å²) < 4.78 is 5.01. The fraction of sp³-hybridized carbons (Fsp3) is 0.250. The molecule has 0 amide bonds. The van der Waals surface area contributed by atoms with Crippen LogP contribution in [0.3, 0.4) is 0 Å². The predicted molar refractivity (Wildman–Crippen MR) is 65.1 cm³/mol. The number of rotatable bonds is 4. The molecule has 0 spiro atoms. The van der Waals surface area contributed by atoms with Gasteiger partial charge in [0.1, 0.15) is 5.76 Å². The fourth-order valence-corrected chi connectivity index (χ4v) is 1.53. The quantitative estimate of drug-likeness (QED) is 0.384. The number of hydrogen-bond donors (Lipinski definition) is 1. The van der Waals surface area contributed by atoms with Gasteiger partial charge in [0.05, 0.1) is 17.6 Å². The van der Waals surface area contributed by atoms with Gasteiger partial charge in [-0.15, -0.1) is 0 Å². The van der Waals surface area contributed by atoms with Gasteiger partial charge < -0.3 is 9.84 Å². The summed E-state index contributed by atoms with van der Waals surface area (Å²) in [6, 6.07) is 4.45. The molecule has 1 aromatic rings. The highest BCUT2D eigenvalue weighted by Crippen LogP contribution is 2.26. The van der Waals surface area contributed by atoms with Gasteiger partial charge in [0, 0.05) is 17.2 Å². The number of carboxylic acids is 1. The summed E-state index contributed by atoms with van der Waals surface area (Å²) in [7, 11) is 1.33. The van der Waals surface area contributed by atoms with Crippen LogP contribution in [0.1, 0.15) is 18.1 Å². The first-order valence-corrected chi connectivity index (χ1v) is 5.12. The number of aryl methyl sites for hydroxylation is 1. The minimum Gasteiger partial charge on any atom is -0.496 e. The monoisotopic (exact) mass is 251 g/mol. The number of benzene rings is 1. The number of carboxylic acid groups (broad SMARTS) is 1. The van der Waals surface area contributed by atoms with Crippen LogP contribution < -0.4 is 0 Å². The lowest BCUT2D eigenvalue weighted by Crippen LogP contribution is -2.03. The van der Waals surface area contributed by atoms with Crippen molar-refractivity contribution in [1.29, 1.82) is 0 Å². The van der Waals surface area contributed by atoms with Gasteiger partial charge in [-0.2, -0.15) is 0 Å². The summed E-state index contributed by atoms with van der Waals surface area (Å²) in [5.41, 5.74) is 0.803. The van der Waals surface area contributed by atoms with Crippen LogP contribution in [0.5, 0.6) is 0 Å². The molecule has 0 aliphatic carbocycles. The maximum Gasteiger partial charge on any atom is 0.335 e. The van der Waals surface area contributed by atoms with E-state index in [0.29, 0.717) is 11.1 Å². The molecule has 0 heterocycles. The first-order chi connectivity index (χ1) is 8.38. The molecular formula is C12H13NO5. The van der Waals surface area contributed by atoms with Gasteiger partial charge >= 0.3 is 5.97 Å². The van der Waals surface area contributed by atoms with Crippen molar-refractivity contribution in [2.45, 2.75) is 13.8 Å². The number of carbonyl (C=O) groups is 1. The highest BCUT2D eigenvalue weighted by molar-refractivity contribution is 5.94. The lowest BCUT2D eigenvalue weighted by Gasteiger charge is -2.09. The second-order valence-corrected chi connectivity index (χ2v) is 3.72. The SMILES string of the molecule is COC(=C(C)C(=O)O)c1ccc(C)c([N+](=O)[O-])c1. The number of ether oxygens (including phenoxy) is 1. The normalized spacial score (nSPS) is 11.7. The molecule has 0 aromatic heterocycles. The number of nitro benzene ring substituents is 1. The largest absolute Gasteiger partial charge is 0.496 e. The van der Waals surface area contributed by atoms with Crippen LogP contribution in [0, 0.1) is 17.0 Å².